The molecule has 8 nitrogen and oxygen atoms in total. The van der Waals surface area contributed by atoms with Gasteiger partial charge in [0.25, 0.3) is 5.91 Å². The highest BCUT2D eigenvalue weighted by molar-refractivity contribution is 5.90. The molecule has 2 aromatic rings. The number of nitrogens with zero attached hydrogens (tertiary/aromatic N) is 3. The number of aromatic amines is 2. The minimum absolute atomic E-state index is 0.0169. The first-order chi connectivity index (χ1) is 12.6. The Labute approximate surface area is 150 Å². The van der Waals surface area contributed by atoms with Crippen molar-refractivity contribution >= 4 is 5.91 Å². The number of carbonyl (C=O) groups is 1. The van der Waals surface area contributed by atoms with E-state index in [1.54, 1.807) is 0 Å². The van der Waals surface area contributed by atoms with Crippen molar-refractivity contribution in [2.24, 2.45) is 5.92 Å². The van der Waals surface area contributed by atoms with Gasteiger partial charge in [0, 0.05) is 56.6 Å². The zero-order valence-corrected chi connectivity index (χ0v) is 14.4. The number of aromatic nitrogens is 3. The highest BCUT2D eigenvalue weighted by Crippen LogP contribution is 2.43. The van der Waals surface area contributed by atoms with Crippen molar-refractivity contribution < 1.29 is 4.79 Å². The molecule has 4 bridgehead atoms. The minimum Gasteiger partial charge on any atom is -0.345 e. The normalized spacial score (nSPS) is 35.2. The van der Waals surface area contributed by atoms with Gasteiger partial charge in [-0.25, -0.2) is 9.89 Å². The lowest BCUT2D eigenvalue weighted by Gasteiger charge is -2.55. The third kappa shape index (κ3) is 2.40. The number of benzene rings is 1. The largest absolute Gasteiger partial charge is 0.345 e. The molecule has 1 aromatic carbocycles. The van der Waals surface area contributed by atoms with Gasteiger partial charge >= 0.3 is 5.69 Å². The monoisotopic (exact) mass is 354 g/mol. The summed E-state index contributed by atoms with van der Waals surface area (Å²) in [5.41, 5.74) is 0.653. The Balaban J connectivity index is 1.54. The van der Waals surface area contributed by atoms with Crippen molar-refractivity contribution in [3.8, 4) is 0 Å². The maximum absolute atomic E-state index is 12.7. The standard InChI is InChI=1S/C18H22N6O2/c25-16(15-20-17(26)22-21-15)19-14-12-8-23-6-7-24(9-12)11-18(14,10-23)13-4-2-1-3-5-13/h1-5,12,14H,6-11H2,(H,19,25)(H2,20,21,22,26). The van der Waals surface area contributed by atoms with E-state index in [-0.39, 0.29) is 23.2 Å². The Bertz CT molecular complexity index is 859. The Morgan fingerprint density at radius 1 is 1.15 bits per heavy atom. The maximum Gasteiger partial charge on any atom is 0.341 e. The van der Waals surface area contributed by atoms with Gasteiger partial charge in [-0.05, 0) is 5.56 Å². The fourth-order valence-corrected chi connectivity index (χ4v) is 5.16. The van der Waals surface area contributed by atoms with Gasteiger partial charge in [-0.15, -0.1) is 5.10 Å². The molecule has 0 saturated carbocycles. The number of nitrogens with one attached hydrogen (secondary N) is 3. The fraction of sp³-hybridized carbons (Fsp3) is 0.500. The molecule has 4 saturated heterocycles. The first-order valence-electron chi connectivity index (χ1n) is 9.10. The molecule has 3 atom stereocenters. The summed E-state index contributed by atoms with van der Waals surface area (Å²) in [7, 11) is 0. The first-order valence-corrected chi connectivity index (χ1v) is 9.10. The molecular formula is C18H22N6O2. The summed E-state index contributed by atoms with van der Waals surface area (Å²) in [6.45, 7) is 6.02. The summed E-state index contributed by atoms with van der Waals surface area (Å²) < 4.78 is 0. The Hall–Kier alpha value is -2.45. The lowest BCUT2D eigenvalue weighted by Crippen LogP contribution is -2.70. The maximum atomic E-state index is 12.7. The van der Waals surface area contributed by atoms with Gasteiger partial charge in [0.05, 0.1) is 0 Å². The average Bonchev–Trinajstić information content (AvgIpc) is 2.93. The summed E-state index contributed by atoms with van der Waals surface area (Å²) >= 11 is 0. The Kier molecular flexibility index (Phi) is 3.51. The van der Waals surface area contributed by atoms with E-state index < -0.39 is 5.69 Å². The van der Waals surface area contributed by atoms with Gasteiger partial charge in [0.15, 0.2) is 0 Å². The van der Waals surface area contributed by atoms with E-state index in [0.29, 0.717) is 5.92 Å². The van der Waals surface area contributed by atoms with Crippen LogP contribution in [-0.2, 0) is 5.41 Å². The van der Waals surface area contributed by atoms with Gasteiger partial charge in [-0.2, -0.15) is 0 Å². The van der Waals surface area contributed by atoms with Crippen LogP contribution in [0.4, 0.5) is 0 Å². The Morgan fingerprint density at radius 2 is 1.85 bits per heavy atom. The highest BCUT2D eigenvalue weighted by Gasteiger charge is 2.55. The van der Waals surface area contributed by atoms with Gasteiger partial charge < -0.3 is 15.1 Å². The van der Waals surface area contributed by atoms with Crippen LogP contribution in [-0.4, -0.2) is 76.2 Å². The second-order valence-corrected chi connectivity index (χ2v) is 7.73. The summed E-state index contributed by atoms with van der Waals surface area (Å²) in [4.78, 5) is 31.5. The van der Waals surface area contributed by atoms with E-state index in [0.717, 1.165) is 39.3 Å². The second kappa shape index (κ2) is 5.78. The van der Waals surface area contributed by atoms with E-state index in [2.05, 4.69) is 54.6 Å². The van der Waals surface area contributed by atoms with Crippen LogP contribution < -0.4 is 11.0 Å². The summed E-state index contributed by atoms with van der Waals surface area (Å²) in [6.07, 6.45) is 0. The molecule has 4 aliphatic rings. The zero-order valence-electron chi connectivity index (χ0n) is 14.4. The SMILES string of the molecule is O=C(NC1C2CN3CCN(C2)CC1(c1ccccc1)C3)c1n[nH]c(=O)[nH]1. The predicted octanol–water partition coefficient (Wildman–Crippen LogP) is -0.605. The predicted molar refractivity (Wildman–Crippen MR) is 95.0 cm³/mol. The van der Waals surface area contributed by atoms with Gasteiger partial charge in [-0.3, -0.25) is 9.78 Å². The third-order valence-corrected chi connectivity index (χ3v) is 6.15. The summed E-state index contributed by atoms with van der Waals surface area (Å²) in [6, 6.07) is 10.5. The Morgan fingerprint density at radius 3 is 2.46 bits per heavy atom. The highest BCUT2D eigenvalue weighted by atomic mass is 16.2. The van der Waals surface area contributed by atoms with Crippen molar-refractivity contribution in [2.75, 3.05) is 39.3 Å². The van der Waals surface area contributed by atoms with Crippen LogP contribution in [0.25, 0.3) is 0 Å². The van der Waals surface area contributed by atoms with Crippen LogP contribution >= 0.6 is 0 Å². The van der Waals surface area contributed by atoms with Crippen molar-refractivity contribution in [1.82, 2.24) is 30.3 Å². The number of rotatable bonds is 3. The number of H-pyrrole nitrogens is 2. The molecule has 6 rings (SSSR count). The van der Waals surface area contributed by atoms with Crippen molar-refractivity contribution in [3.05, 3.63) is 52.2 Å². The molecule has 1 amide bonds. The molecule has 3 N–H and O–H groups in total. The average molecular weight is 354 g/mol. The third-order valence-electron chi connectivity index (χ3n) is 6.15. The van der Waals surface area contributed by atoms with E-state index >= 15 is 0 Å². The molecule has 0 radical (unpaired) electrons. The molecule has 136 valence electrons. The molecular weight excluding hydrogens is 332 g/mol. The molecule has 8 heteroatoms. The molecule has 26 heavy (non-hydrogen) atoms. The van der Waals surface area contributed by atoms with Crippen LogP contribution in [0.15, 0.2) is 35.1 Å². The lowest BCUT2D eigenvalue weighted by molar-refractivity contribution is 0.0178. The minimum atomic E-state index is -0.466. The topological polar surface area (TPSA) is 97.1 Å². The molecule has 0 spiro atoms. The molecule has 0 aliphatic carbocycles. The van der Waals surface area contributed by atoms with E-state index in [1.807, 2.05) is 6.07 Å². The van der Waals surface area contributed by atoms with Crippen molar-refractivity contribution in [1.29, 1.82) is 0 Å². The summed E-state index contributed by atoms with van der Waals surface area (Å²) in [5.74, 6) is 0.0834. The number of carbonyl (C=O) groups excluding carboxylic acids is 1. The molecule has 4 aliphatic heterocycles. The van der Waals surface area contributed by atoms with Crippen LogP contribution in [0.5, 0.6) is 0 Å². The van der Waals surface area contributed by atoms with Gasteiger partial charge in [0.2, 0.25) is 5.82 Å². The lowest BCUT2D eigenvalue weighted by atomic mass is 9.64. The zero-order chi connectivity index (χ0) is 17.7. The smallest absolute Gasteiger partial charge is 0.341 e. The number of piperidine rings is 2. The van der Waals surface area contributed by atoms with Crippen LogP contribution in [0, 0.1) is 5.92 Å². The number of fused-ring (bicyclic) bond motifs is 1. The van der Waals surface area contributed by atoms with Crippen molar-refractivity contribution in [3.63, 3.8) is 0 Å². The molecule has 4 fully saturated rings. The van der Waals surface area contributed by atoms with Gasteiger partial charge in [-0.1, -0.05) is 30.3 Å². The van der Waals surface area contributed by atoms with E-state index in [4.69, 9.17) is 0 Å². The summed E-state index contributed by atoms with van der Waals surface area (Å²) in [5, 5.41) is 9.26. The van der Waals surface area contributed by atoms with E-state index in [9.17, 15) is 9.59 Å². The molecule has 3 unspecified atom stereocenters. The first kappa shape index (κ1) is 15.8. The van der Waals surface area contributed by atoms with Crippen LogP contribution in [0.3, 0.4) is 0 Å². The van der Waals surface area contributed by atoms with E-state index in [1.165, 1.54) is 5.56 Å². The van der Waals surface area contributed by atoms with Crippen LogP contribution in [0.1, 0.15) is 16.2 Å². The van der Waals surface area contributed by atoms with Gasteiger partial charge in [0.1, 0.15) is 0 Å². The van der Waals surface area contributed by atoms with Crippen molar-refractivity contribution in [2.45, 2.75) is 11.5 Å². The number of hydrogen-bond acceptors (Lipinski definition) is 5. The number of hydrogen-bond donors (Lipinski definition) is 3. The molecule has 5 heterocycles. The molecule has 1 aromatic heterocycles. The number of amides is 1. The van der Waals surface area contributed by atoms with Crippen LogP contribution in [0.2, 0.25) is 0 Å². The second-order valence-electron chi connectivity index (χ2n) is 7.73. The quantitative estimate of drug-likeness (QED) is 0.684. The fourth-order valence-electron chi connectivity index (χ4n) is 5.16.